The zero-order valence-electron chi connectivity index (χ0n) is 5.22. The zero-order chi connectivity index (χ0) is 4.00. The van der Waals surface area contributed by atoms with Gasteiger partial charge in [-0.05, 0) is 20.5 Å². The van der Waals surface area contributed by atoms with Gasteiger partial charge in [0.2, 0.25) is 0 Å². The van der Waals surface area contributed by atoms with Crippen molar-refractivity contribution in [3.8, 4) is 0 Å². The molecule has 0 rings (SSSR count). The molecule has 0 unspecified atom stereocenters. The quantitative estimate of drug-likeness (QED) is 0.487. The summed E-state index contributed by atoms with van der Waals surface area (Å²) in [5, 5.41) is 0. The first-order valence-corrected chi connectivity index (χ1v) is 6.00. The van der Waals surface area contributed by atoms with Gasteiger partial charge in [0.05, 0.1) is 0 Å². The predicted octanol–water partition coefficient (Wildman–Crippen LogP) is 0.0652. The fourth-order valence-electron chi connectivity index (χ4n) is 0. The van der Waals surface area contributed by atoms with Crippen LogP contribution < -0.4 is 0 Å². The SMILES string of the molecule is C[SiH3].C[SiH3].Cl.Cl.Cl. The van der Waals surface area contributed by atoms with Crippen molar-refractivity contribution in [1.29, 1.82) is 0 Å². The Morgan fingerprint density at radius 1 is 0.571 bits per heavy atom. The molecule has 0 nitrogen and oxygen atoms in total. The number of hydrogen-bond donors (Lipinski definition) is 0. The fourth-order valence-corrected chi connectivity index (χ4v) is 0. The summed E-state index contributed by atoms with van der Waals surface area (Å²) in [6.07, 6.45) is 0. The van der Waals surface area contributed by atoms with Crippen LogP contribution in [-0.2, 0) is 0 Å². The molecule has 0 N–H and O–H groups in total. The molecule has 0 aromatic carbocycles. The molecule has 5 heteroatoms. The van der Waals surface area contributed by atoms with Gasteiger partial charge in [0.25, 0.3) is 0 Å². The van der Waals surface area contributed by atoms with Crippen molar-refractivity contribution in [2.75, 3.05) is 0 Å². The van der Waals surface area contributed by atoms with Crippen molar-refractivity contribution in [3.05, 3.63) is 0 Å². The van der Waals surface area contributed by atoms with E-state index in [4.69, 9.17) is 0 Å². The Morgan fingerprint density at radius 2 is 0.571 bits per heavy atom. The highest BCUT2D eigenvalue weighted by Crippen LogP contribution is 0.962. The molecule has 0 saturated heterocycles. The Hall–Kier alpha value is 1.30. The lowest BCUT2D eigenvalue weighted by atomic mass is 11.9. The molecule has 52 valence electrons. The molecule has 0 heterocycles. The molecule has 0 aliphatic rings. The smallest absolute Gasteiger partial charge is 0.000585 e. The third-order valence-corrected chi connectivity index (χ3v) is 0. The second kappa shape index (κ2) is 171. The van der Waals surface area contributed by atoms with Crippen LogP contribution >= 0.6 is 37.2 Å². The minimum absolute atomic E-state index is 0. The summed E-state index contributed by atoms with van der Waals surface area (Å²) in [6, 6.07) is 0. The van der Waals surface area contributed by atoms with E-state index in [0.29, 0.717) is 0 Å². The van der Waals surface area contributed by atoms with Crippen molar-refractivity contribution in [1.82, 2.24) is 0 Å². The lowest BCUT2D eigenvalue weighted by Crippen LogP contribution is -1.13. The monoisotopic (exact) mass is 200 g/mol. The van der Waals surface area contributed by atoms with Gasteiger partial charge in [-0.2, -0.15) is 0 Å². The Morgan fingerprint density at radius 3 is 0.571 bits per heavy atom. The first-order valence-electron chi connectivity index (χ1n) is 2.00. The van der Waals surface area contributed by atoms with Crippen molar-refractivity contribution >= 4 is 57.7 Å². The molecule has 0 aliphatic carbocycles. The van der Waals surface area contributed by atoms with E-state index in [-0.39, 0.29) is 37.2 Å². The highest BCUT2D eigenvalue weighted by Gasteiger charge is 0.964. The molecule has 7 heavy (non-hydrogen) atoms. The van der Waals surface area contributed by atoms with Crippen molar-refractivity contribution in [3.63, 3.8) is 0 Å². The van der Waals surface area contributed by atoms with E-state index in [1.807, 2.05) is 0 Å². The van der Waals surface area contributed by atoms with Gasteiger partial charge in [0, 0.05) is 0 Å². The standard InChI is InChI=1S/2CH6Si.3ClH/c2*1-2;;;/h2*1-2H3;3*1H. The van der Waals surface area contributed by atoms with E-state index in [1.54, 1.807) is 0 Å². The summed E-state index contributed by atoms with van der Waals surface area (Å²) in [5.74, 6) is 0. The average Bonchev–Trinajstić information content (AvgIpc) is 1.50. The Bertz CT molecular complexity index is 10.9. The predicted molar refractivity (Wildman–Crippen MR) is 53.4 cm³/mol. The Balaban J connectivity index is -0.00000000267. The van der Waals surface area contributed by atoms with Crippen LogP contribution in [0.5, 0.6) is 0 Å². The normalized spacial score (nSPS) is 2.57. The fraction of sp³-hybridized carbons (Fsp3) is 1.00. The minimum atomic E-state index is 0. The van der Waals surface area contributed by atoms with Crippen LogP contribution in [0.3, 0.4) is 0 Å². The van der Waals surface area contributed by atoms with Crippen molar-refractivity contribution in [2.45, 2.75) is 13.1 Å². The van der Waals surface area contributed by atoms with E-state index < -0.39 is 0 Å². The van der Waals surface area contributed by atoms with Crippen LogP contribution in [0.1, 0.15) is 0 Å². The lowest BCUT2D eigenvalue weighted by Gasteiger charge is -1.04. The molecule has 0 aromatic heterocycles. The molecule has 0 fully saturated rings. The van der Waals surface area contributed by atoms with E-state index >= 15 is 0 Å². The second-order valence-electron chi connectivity index (χ2n) is 0. The van der Waals surface area contributed by atoms with Gasteiger partial charge in [0.15, 0.2) is 0 Å². The molecule has 0 spiro atoms. The molecule has 0 atom stereocenters. The molecular weight excluding hydrogens is 187 g/mol. The number of hydrogen-bond acceptors (Lipinski definition) is 0. The van der Waals surface area contributed by atoms with Gasteiger partial charge in [-0.3, -0.25) is 0 Å². The first-order chi connectivity index (χ1) is 2.00. The molecule has 0 saturated carbocycles. The number of halogens is 3. The van der Waals surface area contributed by atoms with E-state index in [0.717, 1.165) is 0 Å². The Labute approximate surface area is 70.9 Å². The van der Waals surface area contributed by atoms with E-state index in [1.165, 1.54) is 20.5 Å². The van der Waals surface area contributed by atoms with Gasteiger partial charge in [-0.25, -0.2) is 0 Å². The summed E-state index contributed by atoms with van der Waals surface area (Å²) < 4.78 is 0. The molecule has 0 radical (unpaired) electrons. The van der Waals surface area contributed by atoms with Gasteiger partial charge in [0.1, 0.15) is 0 Å². The lowest BCUT2D eigenvalue weighted by molar-refractivity contribution is 2.39. The largest absolute Gasteiger partial charge is 0.147 e. The van der Waals surface area contributed by atoms with E-state index in [2.05, 4.69) is 13.1 Å². The molecule has 0 bridgehead atoms. The highest BCUT2D eigenvalue weighted by atomic mass is 35.5. The van der Waals surface area contributed by atoms with E-state index in [9.17, 15) is 0 Å². The molecular formula is C2H15Cl3Si2. The van der Waals surface area contributed by atoms with Gasteiger partial charge in [-0.15, -0.1) is 37.2 Å². The van der Waals surface area contributed by atoms with Crippen molar-refractivity contribution in [2.24, 2.45) is 0 Å². The van der Waals surface area contributed by atoms with Crippen LogP contribution in [0.2, 0.25) is 13.1 Å². The van der Waals surface area contributed by atoms with Gasteiger partial charge in [-0.1, -0.05) is 13.1 Å². The first kappa shape index (κ1) is 40.6. The summed E-state index contributed by atoms with van der Waals surface area (Å²) >= 11 is 0. The van der Waals surface area contributed by atoms with Crippen LogP contribution in [0.15, 0.2) is 0 Å². The van der Waals surface area contributed by atoms with Crippen molar-refractivity contribution < 1.29 is 0 Å². The maximum Gasteiger partial charge on any atom is -0.000585 e. The maximum atomic E-state index is 2.14. The Kier molecular flexibility index (Phi) is 990. The third-order valence-electron chi connectivity index (χ3n) is 0. The molecule has 0 amide bonds. The van der Waals surface area contributed by atoms with Crippen LogP contribution in [0, 0.1) is 0 Å². The summed E-state index contributed by atoms with van der Waals surface area (Å²) in [7, 11) is 2.61. The van der Waals surface area contributed by atoms with Crippen LogP contribution in [-0.4, -0.2) is 20.5 Å². The summed E-state index contributed by atoms with van der Waals surface area (Å²) in [6.45, 7) is 4.28. The highest BCUT2D eigenvalue weighted by molar-refractivity contribution is 6.05. The molecule has 0 aromatic rings. The topological polar surface area (TPSA) is 0 Å². The van der Waals surface area contributed by atoms with Crippen LogP contribution in [0.25, 0.3) is 0 Å². The third kappa shape index (κ3) is 121. The average molecular weight is 202 g/mol. The summed E-state index contributed by atoms with van der Waals surface area (Å²) in [5.41, 5.74) is 0. The summed E-state index contributed by atoms with van der Waals surface area (Å²) in [4.78, 5) is 0. The second-order valence-corrected chi connectivity index (χ2v) is 0. The minimum Gasteiger partial charge on any atom is -0.147 e. The molecule has 0 aliphatic heterocycles. The van der Waals surface area contributed by atoms with Gasteiger partial charge < -0.3 is 0 Å². The van der Waals surface area contributed by atoms with Gasteiger partial charge >= 0.3 is 0 Å². The van der Waals surface area contributed by atoms with Crippen LogP contribution in [0.4, 0.5) is 0 Å². The number of rotatable bonds is 0. The maximum absolute atomic E-state index is 2.14. The zero-order valence-corrected chi connectivity index (χ0v) is 11.7.